The number of nitrogens with two attached hydrogens (primary N) is 1. The average molecular weight is 198 g/mol. The Balaban J connectivity index is 2.54. The second kappa shape index (κ2) is 3.60. The molecule has 0 radical (unpaired) electrons. The standard InChI is InChI=1S/C7H14N6O/c1-7(2,3)9-5(14)4-13-6(8)10-11-12-13/h4H2,1-3H3,(H,9,14)(H2,8,10,12). The number of carbonyl (C=O) groups excluding carboxylic acids is 1. The minimum absolute atomic E-state index is 0.0378. The number of nitrogens with one attached hydrogen (secondary N) is 1. The van der Waals surface area contributed by atoms with Crippen LogP contribution in [0.2, 0.25) is 0 Å². The Hall–Kier alpha value is -1.66. The van der Waals surface area contributed by atoms with E-state index in [0.29, 0.717) is 0 Å². The molecule has 0 aliphatic heterocycles. The van der Waals surface area contributed by atoms with E-state index in [2.05, 4.69) is 20.8 Å². The molecule has 0 spiro atoms. The molecule has 78 valence electrons. The van der Waals surface area contributed by atoms with E-state index >= 15 is 0 Å². The highest BCUT2D eigenvalue weighted by molar-refractivity contribution is 5.76. The Kier molecular flexibility index (Phi) is 2.68. The molecule has 1 aromatic rings. The van der Waals surface area contributed by atoms with Crippen molar-refractivity contribution in [1.29, 1.82) is 0 Å². The zero-order valence-electron chi connectivity index (χ0n) is 8.48. The van der Waals surface area contributed by atoms with Crippen LogP contribution in [-0.2, 0) is 11.3 Å². The third kappa shape index (κ3) is 3.00. The Morgan fingerprint density at radius 3 is 2.64 bits per heavy atom. The molecule has 1 aromatic heterocycles. The topological polar surface area (TPSA) is 98.7 Å². The molecule has 0 aliphatic carbocycles. The van der Waals surface area contributed by atoms with Gasteiger partial charge in [0.05, 0.1) is 0 Å². The molecule has 0 saturated carbocycles. The van der Waals surface area contributed by atoms with Crippen molar-refractivity contribution in [1.82, 2.24) is 25.5 Å². The molecule has 0 aliphatic rings. The molecular formula is C7H14N6O. The first-order chi connectivity index (χ1) is 6.38. The summed E-state index contributed by atoms with van der Waals surface area (Å²) in [4.78, 5) is 11.4. The molecule has 7 heteroatoms. The molecular weight excluding hydrogens is 184 g/mol. The minimum atomic E-state index is -0.264. The fraction of sp³-hybridized carbons (Fsp3) is 0.714. The number of hydrogen-bond acceptors (Lipinski definition) is 5. The van der Waals surface area contributed by atoms with Crippen molar-refractivity contribution in [2.45, 2.75) is 32.9 Å². The van der Waals surface area contributed by atoms with Crippen LogP contribution < -0.4 is 11.1 Å². The summed E-state index contributed by atoms with van der Waals surface area (Å²) in [6, 6.07) is 0. The van der Waals surface area contributed by atoms with Gasteiger partial charge in [-0.3, -0.25) is 4.79 Å². The minimum Gasteiger partial charge on any atom is -0.367 e. The molecule has 1 heterocycles. The van der Waals surface area contributed by atoms with E-state index in [-0.39, 0.29) is 23.9 Å². The van der Waals surface area contributed by atoms with Crippen LogP contribution in [0.3, 0.4) is 0 Å². The quantitative estimate of drug-likeness (QED) is 0.646. The molecule has 0 aromatic carbocycles. The van der Waals surface area contributed by atoms with Crippen LogP contribution in [0, 0.1) is 0 Å². The van der Waals surface area contributed by atoms with Crippen LogP contribution in [0.4, 0.5) is 5.95 Å². The summed E-state index contributed by atoms with van der Waals surface area (Å²) in [5.74, 6) is -0.0365. The van der Waals surface area contributed by atoms with Gasteiger partial charge in [0.25, 0.3) is 0 Å². The van der Waals surface area contributed by atoms with E-state index in [9.17, 15) is 4.79 Å². The normalized spacial score (nSPS) is 11.4. The molecule has 1 rings (SSSR count). The van der Waals surface area contributed by atoms with Gasteiger partial charge in [0, 0.05) is 5.54 Å². The highest BCUT2D eigenvalue weighted by Crippen LogP contribution is 1.99. The summed E-state index contributed by atoms with van der Waals surface area (Å²) in [5.41, 5.74) is 5.14. The molecule has 14 heavy (non-hydrogen) atoms. The second-order valence-electron chi connectivity index (χ2n) is 3.99. The van der Waals surface area contributed by atoms with Crippen LogP contribution in [0.15, 0.2) is 0 Å². The third-order valence-electron chi connectivity index (χ3n) is 1.37. The fourth-order valence-corrected chi connectivity index (χ4v) is 0.918. The summed E-state index contributed by atoms with van der Waals surface area (Å²) in [6.07, 6.45) is 0. The largest absolute Gasteiger partial charge is 0.367 e. The summed E-state index contributed by atoms with van der Waals surface area (Å²) in [6.45, 7) is 5.73. The monoisotopic (exact) mass is 198 g/mol. The number of rotatable bonds is 2. The number of aromatic nitrogens is 4. The summed E-state index contributed by atoms with van der Waals surface area (Å²) >= 11 is 0. The van der Waals surface area contributed by atoms with Crippen LogP contribution in [0.1, 0.15) is 20.8 Å². The molecule has 0 unspecified atom stereocenters. The van der Waals surface area contributed by atoms with Crippen molar-refractivity contribution in [3.05, 3.63) is 0 Å². The molecule has 7 nitrogen and oxygen atoms in total. The van der Waals surface area contributed by atoms with Crippen molar-refractivity contribution < 1.29 is 4.79 Å². The predicted octanol–water partition coefficient (Wildman–Crippen LogP) is -0.830. The lowest BCUT2D eigenvalue weighted by molar-refractivity contribution is -0.123. The van der Waals surface area contributed by atoms with E-state index in [1.54, 1.807) is 0 Å². The van der Waals surface area contributed by atoms with Gasteiger partial charge >= 0.3 is 0 Å². The highest BCUT2D eigenvalue weighted by atomic mass is 16.2. The first-order valence-electron chi connectivity index (χ1n) is 4.21. The van der Waals surface area contributed by atoms with Crippen LogP contribution in [0.25, 0.3) is 0 Å². The van der Waals surface area contributed by atoms with Gasteiger partial charge in [-0.25, -0.2) is 4.68 Å². The van der Waals surface area contributed by atoms with Crippen LogP contribution >= 0.6 is 0 Å². The lowest BCUT2D eigenvalue weighted by Gasteiger charge is -2.20. The average Bonchev–Trinajstić information content (AvgIpc) is 2.32. The molecule has 0 bridgehead atoms. The van der Waals surface area contributed by atoms with Crippen LogP contribution in [0.5, 0.6) is 0 Å². The maximum absolute atomic E-state index is 11.4. The number of carbonyl (C=O) groups is 1. The number of anilines is 1. The molecule has 1 amide bonds. The van der Waals surface area contributed by atoms with Crippen molar-refractivity contribution in [2.75, 3.05) is 5.73 Å². The Labute approximate surface area is 81.7 Å². The smallest absolute Gasteiger partial charge is 0.242 e. The van der Waals surface area contributed by atoms with E-state index in [1.807, 2.05) is 20.8 Å². The highest BCUT2D eigenvalue weighted by Gasteiger charge is 2.15. The summed E-state index contributed by atoms with van der Waals surface area (Å²) in [7, 11) is 0. The van der Waals surface area contributed by atoms with Gasteiger partial charge in [-0.05, 0) is 31.2 Å². The van der Waals surface area contributed by atoms with Gasteiger partial charge in [-0.15, -0.1) is 0 Å². The molecule has 0 saturated heterocycles. The fourth-order valence-electron chi connectivity index (χ4n) is 0.918. The van der Waals surface area contributed by atoms with E-state index in [1.165, 1.54) is 4.68 Å². The maximum atomic E-state index is 11.4. The lowest BCUT2D eigenvalue weighted by atomic mass is 10.1. The van der Waals surface area contributed by atoms with Gasteiger partial charge in [0.2, 0.25) is 11.9 Å². The number of nitrogen functional groups attached to an aromatic ring is 1. The maximum Gasteiger partial charge on any atom is 0.242 e. The Morgan fingerprint density at radius 1 is 1.57 bits per heavy atom. The molecule has 0 fully saturated rings. The number of amides is 1. The lowest BCUT2D eigenvalue weighted by Crippen LogP contribution is -2.42. The zero-order chi connectivity index (χ0) is 10.8. The van der Waals surface area contributed by atoms with Crippen molar-refractivity contribution in [3.63, 3.8) is 0 Å². The van der Waals surface area contributed by atoms with Gasteiger partial charge < -0.3 is 11.1 Å². The van der Waals surface area contributed by atoms with E-state index < -0.39 is 0 Å². The van der Waals surface area contributed by atoms with Crippen molar-refractivity contribution in [3.8, 4) is 0 Å². The second-order valence-corrected chi connectivity index (χ2v) is 3.99. The van der Waals surface area contributed by atoms with Gasteiger partial charge in [-0.2, -0.15) is 0 Å². The Bertz CT molecular complexity index is 325. The van der Waals surface area contributed by atoms with Crippen LogP contribution in [-0.4, -0.2) is 31.7 Å². The van der Waals surface area contributed by atoms with E-state index in [4.69, 9.17) is 5.73 Å². The zero-order valence-corrected chi connectivity index (χ0v) is 8.48. The first-order valence-corrected chi connectivity index (χ1v) is 4.21. The van der Waals surface area contributed by atoms with Gasteiger partial charge in [-0.1, -0.05) is 5.10 Å². The number of tetrazole rings is 1. The molecule has 0 atom stereocenters. The van der Waals surface area contributed by atoms with Crippen molar-refractivity contribution in [2.24, 2.45) is 0 Å². The predicted molar refractivity (Wildman–Crippen MR) is 50.1 cm³/mol. The van der Waals surface area contributed by atoms with Crippen molar-refractivity contribution >= 4 is 11.9 Å². The van der Waals surface area contributed by atoms with Gasteiger partial charge in [0.15, 0.2) is 0 Å². The SMILES string of the molecule is CC(C)(C)NC(=O)Cn1nnnc1N. The number of hydrogen-bond donors (Lipinski definition) is 2. The first kappa shape index (κ1) is 10.4. The summed E-state index contributed by atoms with van der Waals surface area (Å²) < 4.78 is 1.24. The van der Waals surface area contributed by atoms with Gasteiger partial charge in [0.1, 0.15) is 6.54 Å². The molecule has 3 N–H and O–H groups in total. The summed E-state index contributed by atoms with van der Waals surface area (Å²) in [5, 5.41) is 13.1. The third-order valence-corrected chi connectivity index (χ3v) is 1.37. The number of nitrogens with zero attached hydrogens (tertiary/aromatic N) is 4. The van der Waals surface area contributed by atoms with E-state index in [0.717, 1.165) is 0 Å². The Morgan fingerprint density at radius 2 is 2.21 bits per heavy atom.